The highest BCUT2D eigenvalue weighted by atomic mass is 19.3. The van der Waals surface area contributed by atoms with Gasteiger partial charge in [-0.3, -0.25) is 4.68 Å². The maximum Gasteiger partial charge on any atom is 0.387 e. The van der Waals surface area contributed by atoms with E-state index in [1.807, 2.05) is 0 Å². The van der Waals surface area contributed by atoms with Crippen LogP contribution in [0.25, 0.3) is 0 Å². The lowest BCUT2D eigenvalue weighted by Crippen LogP contribution is -2.22. The van der Waals surface area contributed by atoms with E-state index in [0.29, 0.717) is 12.1 Å². The average Bonchev–Trinajstić information content (AvgIpc) is 2.84. The summed E-state index contributed by atoms with van der Waals surface area (Å²) in [6, 6.07) is 6.01. The molecule has 1 unspecified atom stereocenters. The molecule has 2 N–H and O–H groups in total. The molecule has 0 saturated heterocycles. The van der Waals surface area contributed by atoms with Crippen molar-refractivity contribution in [3.63, 3.8) is 0 Å². The zero-order valence-electron chi connectivity index (χ0n) is 11.4. The monoisotopic (exact) mass is 298 g/mol. The smallest absolute Gasteiger partial charge is 0.387 e. The number of hydrogen-bond donors (Lipinski definition) is 2. The highest BCUT2D eigenvalue weighted by molar-refractivity contribution is 5.30. The number of benzene rings is 1. The highest BCUT2D eigenvalue weighted by Gasteiger charge is 2.10. The van der Waals surface area contributed by atoms with Crippen LogP contribution < -0.4 is 10.1 Å². The van der Waals surface area contributed by atoms with E-state index in [1.165, 1.54) is 12.1 Å². The van der Waals surface area contributed by atoms with Crippen LogP contribution >= 0.6 is 0 Å². The second-order valence-electron chi connectivity index (χ2n) is 4.45. The minimum atomic E-state index is -2.88. The van der Waals surface area contributed by atoms with Crippen molar-refractivity contribution >= 4 is 0 Å². The summed E-state index contributed by atoms with van der Waals surface area (Å²) < 4.78 is 30.2. The third-order valence-electron chi connectivity index (χ3n) is 2.92. The summed E-state index contributed by atoms with van der Waals surface area (Å²) in [7, 11) is 1.77. The molecule has 0 fully saturated rings. The molecule has 6 nitrogen and oxygen atoms in total. The number of ether oxygens (including phenoxy) is 1. The van der Waals surface area contributed by atoms with Crippen LogP contribution in [-0.4, -0.2) is 33.3 Å². The van der Waals surface area contributed by atoms with Gasteiger partial charge in [0.1, 0.15) is 5.75 Å². The van der Waals surface area contributed by atoms with Crippen molar-refractivity contribution in [1.82, 2.24) is 20.3 Å². The van der Waals surface area contributed by atoms with Gasteiger partial charge in [-0.25, -0.2) is 0 Å². The first-order chi connectivity index (χ1) is 10.1. The van der Waals surface area contributed by atoms with Crippen molar-refractivity contribution in [3.05, 3.63) is 41.7 Å². The molecule has 1 aromatic carbocycles. The molecule has 8 heteroatoms. The van der Waals surface area contributed by atoms with Gasteiger partial charge in [-0.05, 0) is 17.7 Å². The van der Waals surface area contributed by atoms with E-state index < -0.39 is 12.7 Å². The fourth-order valence-corrected chi connectivity index (χ4v) is 1.82. The van der Waals surface area contributed by atoms with Gasteiger partial charge in [0, 0.05) is 20.1 Å². The third-order valence-corrected chi connectivity index (χ3v) is 2.92. The van der Waals surface area contributed by atoms with Crippen molar-refractivity contribution in [2.75, 3.05) is 6.54 Å². The summed E-state index contributed by atoms with van der Waals surface area (Å²) in [5, 5.41) is 20.6. The average molecular weight is 298 g/mol. The Morgan fingerprint density at radius 2 is 2.24 bits per heavy atom. The summed E-state index contributed by atoms with van der Waals surface area (Å²) in [6.45, 7) is -2.12. The van der Waals surface area contributed by atoms with Crippen molar-refractivity contribution in [2.24, 2.45) is 7.05 Å². The molecule has 0 aliphatic heterocycles. The zero-order chi connectivity index (χ0) is 15.2. The number of aliphatic hydroxyl groups is 1. The second-order valence-corrected chi connectivity index (χ2v) is 4.45. The first-order valence-electron chi connectivity index (χ1n) is 6.33. The van der Waals surface area contributed by atoms with Crippen LogP contribution in [0.3, 0.4) is 0 Å². The normalized spacial score (nSPS) is 12.6. The van der Waals surface area contributed by atoms with Gasteiger partial charge < -0.3 is 15.2 Å². The molecule has 0 aliphatic rings. The van der Waals surface area contributed by atoms with Crippen LogP contribution in [0.1, 0.15) is 17.4 Å². The predicted molar refractivity (Wildman–Crippen MR) is 70.7 cm³/mol. The summed E-state index contributed by atoms with van der Waals surface area (Å²) >= 11 is 0. The lowest BCUT2D eigenvalue weighted by atomic mass is 10.1. The van der Waals surface area contributed by atoms with E-state index in [9.17, 15) is 13.9 Å². The van der Waals surface area contributed by atoms with Gasteiger partial charge in [-0.2, -0.15) is 8.78 Å². The molecule has 21 heavy (non-hydrogen) atoms. The molecule has 0 radical (unpaired) electrons. The van der Waals surface area contributed by atoms with Crippen LogP contribution in [0.15, 0.2) is 30.5 Å². The Morgan fingerprint density at radius 3 is 2.90 bits per heavy atom. The molecule has 1 heterocycles. The number of aliphatic hydroxyl groups excluding tert-OH is 1. The standard InChI is InChI=1S/C13H16F2N4O2/c1-19-10(7-17-18-19)6-16-8-12(20)9-3-2-4-11(5-9)21-13(14)15/h2-5,7,12-13,16,20H,6,8H2,1H3. The molecule has 1 atom stereocenters. The number of nitrogens with one attached hydrogen (secondary N) is 1. The Bertz CT molecular complexity index is 577. The fourth-order valence-electron chi connectivity index (χ4n) is 1.82. The Kier molecular flexibility index (Phi) is 5.18. The molecule has 1 aromatic heterocycles. The van der Waals surface area contributed by atoms with E-state index >= 15 is 0 Å². The van der Waals surface area contributed by atoms with Gasteiger partial charge in [0.15, 0.2) is 0 Å². The first-order valence-corrected chi connectivity index (χ1v) is 6.33. The van der Waals surface area contributed by atoms with Crippen LogP contribution in [0.5, 0.6) is 5.75 Å². The maximum absolute atomic E-state index is 12.1. The Hall–Kier alpha value is -2.06. The number of nitrogens with zero attached hydrogens (tertiary/aromatic N) is 3. The second kappa shape index (κ2) is 7.09. The largest absolute Gasteiger partial charge is 0.435 e. The SMILES string of the molecule is Cn1nncc1CNCC(O)c1cccc(OC(F)F)c1. The quantitative estimate of drug-likeness (QED) is 0.804. The number of rotatable bonds is 7. The first kappa shape index (κ1) is 15.3. The lowest BCUT2D eigenvalue weighted by Gasteiger charge is -2.13. The number of halogens is 2. The molecule has 2 rings (SSSR count). The molecule has 0 amide bonds. The summed E-state index contributed by atoms with van der Waals surface area (Å²) in [4.78, 5) is 0. The van der Waals surface area contributed by atoms with Crippen LogP contribution in [-0.2, 0) is 13.6 Å². The molecule has 0 bridgehead atoms. The molecule has 0 aliphatic carbocycles. The van der Waals surface area contributed by atoms with Crippen molar-refractivity contribution in [3.8, 4) is 5.75 Å². The molecule has 0 saturated carbocycles. The maximum atomic E-state index is 12.1. The number of aryl methyl sites for hydroxylation is 1. The van der Waals surface area contributed by atoms with Gasteiger partial charge in [0.25, 0.3) is 0 Å². The Morgan fingerprint density at radius 1 is 1.43 bits per heavy atom. The summed E-state index contributed by atoms with van der Waals surface area (Å²) in [5.41, 5.74) is 1.38. The number of alkyl halides is 2. The van der Waals surface area contributed by atoms with Crippen LogP contribution in [0, 0.1) is 0 Å². The van der Waals surface area contributed by atoms with Gasteiger partial charge in [-0.1, -0.05) is 17.3 Å². The van der Waals surface area contributed by atoms with Gasteiger partial charge in [-0.15, -0.1) is 5.10 Å². The number of aromatic nitrogens is 3. The topological polar surface area (TPSA) is 72.2 Å². The van der Waals surface area contributed by atoms with Crippen LogP contribution in [0.2, 0.25) is 0 Å². The molecule has 114 valence electrons. The third kappa shape index (κ3) is 4.47. The van der Waals surface area contributed by atoms with Gasteiger partial charge in [0.2, 0.25) is 0 Å². The van der Waals surface area contributed by atoms with Crippen molar-refractivity contribution < 1.29 is 18.6 Å². The minimum absolute atomic E-state index is 0.0254. The van der Waals surface area contributed by atoms with E-state index in [2.05, 4.69) is 20.4 Å². The number of hydrogen-bond acceptors (Lipinski definition) is 5. The summed E-state index contributed by atoms with van der Waals surface area (Å²) in [5.74, 6) is 0.0254. The van der Waals surface area contributed by atoms with Crippen molar-refractivity contribution in [2.45, 2.75) is 19.3 Å². The minimum Gasteiger partial charge on any atom is -0.435 e. The van der Waals surface area contributed by atoms with Gasteiger partial charge in [0.05, 0.1) is 18.0 Å². The Labute approximate surface area is 120 Å². The molecular weight excluding hydrogens is 282 g/mol. The van der Waals surface area contributed by atoms with E-state index in [0.717, 1.165) is 5.69 Å². The molecule has 2 aromatic rings. The Balaban J connectivity index is 1.88. The van der Waals surface area contributed by atoms with E-state index in [4.69, 9.17) is 0 Å². The fraction of sp³-hybridized carbons (Fsp3) is 0.385. The zero-order valence-corrected chi connectivity index (χ0v) is 11.4. The van der Waals surface area contributed by atoms with E-state index in [1.54, 1.807) is 30.1 Å². The lowest BCUT2D eigenvalue weighted by molar-refractivity contribution is -0.0499. The van der Waals surface area contributed by atoms with Gasteiger partial charge >= 0.3 is 6.61 Å². The highest BCUT2D eigenvalue weighted by Crippen LogP contribution is 2.20. The summed E-state index contributed by atoms with van der Waals surface area (Å²) in [6.07, 6.45) is 0.795. The predicted octanol–water partition coefficient (Wildman–Crippen LogP) is 1.24. The molecular formula is C13H16F2N4O2. The van der Waals surface area contributed by atoms with Crippen LogP contribution in [0.4, 0.5) is 8.78 Å². The van der Waals surface area contributed by atoms with Crippen molar-refractivity contribution in [1.29, 1.82) is 0 Å². The van der Waals surface area contributed by atoms with E-state index in [-0.39, 0.29) is 12.3 Å². The molecule has 0 spiro atoms.